The fourth-order valence-electron chi connectivity index (χ4n) is 1.76. The molecule has 0 radical (unpaired) electrons. The van der Waals surface area contributed by atoms with Crippen LogP contribution in [0.25, 0.3) is 6.08 Å². The largest absolute Gasteiger partial charge is 0.419 e. The highest BCUT2D eigenvalue weighted by Gasteiger charge is 2.34. The van der Waals surface area contributed by atoms with E-state index in [1.807, 2.05) is 20.8 Å². The van der Waals surface area contributed by atoms with Crippen LogP contribution in [0.2, 0.25) is 0 Å². The van der Waals surface area contributed by atoms with Gasteiger partial charge >= 0.3 is 6.18 Å². The van der Waals surface area contributed by atoms with Crippen LogP contribution >= 0.6 is 0 Å². The summed E-state index contributed by atoms with van der Waals surface area (Å²) in [6.07, 6.45) is -2.05. The van der Waals surface area contributed by atoms with Crippen LogP contribution in [0.4, 0.5) is 17.6 Å². The van der Waals surface area contributed by atoms with Crippen LogP contribution in [0.15, 0.2) is 23.8 Å². The third kappa shape index (κ3) is 4.63. The van der Waals surface area contributed by atoms with Gasteiger partial charge in [0.1, 0.15) is 5.82 Å². The molecule has 0 fully saturated rings. The van der Waals surface area contributed by atoms with Crippen molar-refractivity contribution in [3.05, 3.63) is 40.7 Å². The topological polar surface area (TPSA) is 12.0 Å². The number of nitrogens with one attached hydrogen (secondary N) is 1. The molecule has 20 heavy (non-hydrogen) atoms. The fraction of sp³-hybridized carbons (Fsp3) is 0.467. The van der Waals surface area contributed by atoms with Crippen molar-refractivity contribution in [1.29, 1.82) is 0 Å². The second kappa shape index (κ2) is 6.88. The van der Waals surface area contributed by atoms with Crippen LogP contribution in [0.3, 0.4) is 0 Å². The summed E-state index contributed by atoms with van der Waals surface area (Å²) in [5, 5.41) is 3.24. The highest BCUT2D eigenvalue weighted by molar-refractivity contribution is 5.54. The molecular formula is C15H19F4N. The zero-order valence-electron chi connectivity index (χ0n) is 11.8. The highest BCUT2D eigenvalue weighted by Crippen LogP contribution is 2.32. The molecule has 1 N–H and O–H groups in total. The van der Waals surface area contributed by atoms with Crippen molar-refractivity contribution in [2.45, 2.75) is 39.4 Å². The van der Waals surface area contributed by atoms with Crippen molar-refractivity contribution < 1.29 is 17.6 Å². The quantitative estimate of drug-likeness (QED) is 0.779. The Morgan fingerprint density at radius 2 is 2.00 bits per heavy atom. The first-order chi connectivity index (χ1) is 9.25. The van der Waals surface area contributed by atoms with E-state index in [4.69, 9.17) is 0 Å². The van der Waals surface area contributed by atoms with E-state index in [0.717, 1.165) is 30.7 Å². The number of hydrogen-bond donors (Lipinski definition) is 1. The van der Waals surface area contributed by atoms with Crippen molar-refractivity contribution in [1.82, 2.24) is 5.32 Å². The lowest BCUT2D eigenvalue weighted by molar-refractivity contribution is -0.140. The van der Waals surface area contributed by atoms with Crippen LogP contribution in [0.1, 0.15) is 38.3 Å². The Morgan fingerprint density at radius 1 is 1.35 bits per heavy atom. The van der Waals surface area contributed by atoms with Crippen molar-refractivity contribution in [3.63, 3.8) is 0 Å². The lowest BCUT2D eigenvalue weighted by Crippen LogP contribution is -2.27. The van der Waals surface area contributed by atoms with Crippen molar-refractivity contribution in [2.75, 3.05) is 6.54 Å². The minimum absolute atomic E-state index is 0.0642. The maximum Gasteiger partial charge on any atom is 0.419 e. The molecule has 1 aromatic rings. The Balaban J connectivity index is 2.98. The number of benzene rings is 1. The Bertz CT molecular complexity index is 477. The summed E-state index contributed by atoms with van der Waals surface area (Å²) in [7, 11) is 0. The first-order valence-corrected chi connectivity index (χ1v) is 6.54. The monoisotopic (exact) mass is 289 g/mol. The summed E-state index contributed by atoms with van der Waals surface area (Å²) in [4.78, 5) is 0. The Morgan fingerprint density at radius 3 is 2.55 bits per heavy atom. The summed E-state index contributed by atoms with van der Waals surface area (Å²) in [5.41, 5.74) is 0.0211. The lowest BCUT2D eigenvalue weighted by atomic mass is 10.0. The van der Waals surface area contributed by atoms with Crippen LogP contribution in [-0.2, 0) is 6.18 Å². The average Bonchev–Trinajstić information content (AvgIpc) is 2.36. The molecule has 1 atom stereocenters. The summed E-state index contributed by atoms with van der Waals surface area (Å²) < 4.78 is 51.0. The maximum atomic E-state index is 13.2. The van der Waals surface area contributed by atoms with Gasteiger partial charge in [-0.25, -0.2) is 4.39 Å². The van der Waals surface area contributed by atoms with E-state index in [2.05, 4.69) is 5.32 Å². The Labute approximate surface area is 116 Å². The number of alkyl halides is 3. The molecule has 0 spiro atoms. The molecule has 0 aliphatic carbocycles. The summed E-state index contributed by atoms with van der Waals surface area (Å²) in [5.74, 6) is -1.25. The number of halogens is 4. The molecule has 1 rings (SSSR count). The first-order valence-electron chi connectivity index (χ1n) is 6.54. The predicted octanol–water partition coefficient (Wildman–Crippen LogP) is 4.64. The molecule has 0 aliphatic heterocycles. The second-order valence-electron chi connectivity index (χ2n) is 4.80. The van der Waals surface area contributed by atoms with Gasteiger partial charge < -0.3 is 5.32 Å². The molecule has 0 amide bonds. The minimum atomic E-state index is -4.67. The van der Waals surface area contributed by atoms with Gasteiger partial charge in [-0.15, -0.1) is 0 Å². The van der Waals surface area contributed by atoms with Gasteiger partial charge in [0, 0.05) is 6.04 Å². The highest BCUT2D eigenvalue weighted by atomic mass is 19.4. The Kier molecular flexibility index (Phi) is 5.74. The molecule has 1 unspecified atom stereocenters. The zero-order valence-corrected chi connectivity index (χ0v) is 11.8. The molecule has 0 bridgehead atoms. The van der Waals surface area contributed by atoms with Gasteiger partial charge in [0.25, 0.3) is 0 Å². The molecule has 0 saturated carbocycles. The van der Waals surface area contributed by atoms with E-state index >= 15 is 0 Å². The van der Waals surface area contributed by atoms with Gasteiger partial charge in [0.05, 0.1) is 5.56 Å². The molecule has 1 aromatic carbocycles. The molecule has 5 heteroatoms. The van der Waals surface area contributed by atoms with Crippen LogP contribution in [-0.4, -0.2) is 12.6 Å². The van der Waals surface area contributed by atoms with Gasteiger partial charge in [-0.2, -0.15) is 13.2 Å². The number of hydrogen-bond acceptors (Lipinski definition) is 1. The van der Waals surface area contributed by atoms with Crippen molar-refractivity contribution >= 4 is 6.08 Å². The standard InChI is InChI=1S/C15H19F4N/c1-4-7-20-11(3)10(2)8-12-5-6-14(16)13(9-12)15(17,18)19/h5-6,8-9,11,20H,4,7H2,1-3H3/b10-8+. The van der Waals surface area contributed by atoms with E-state index in [1.165, 1.54) is 6.07 Å². The zero-order chi connectivity index (χ0) is 15.3. The molecule has 1 nitrogen and oxygen atoms in total. The molecular weight excluding hydrogens is 270 g/mol. The fourth-order valence-corrected chi connectivity index (χ4v) is 1.76. The van der Waals surface area contributed by atoms with Crippen LogP contribution in [0, 0.1) is 5.82 Å². The van der Waals surface area contributed by atoms with Crippen LogP contribution < -0.4 is 5.32 Å². The van der Waals surface area contributed by atoms with Crippen molar-refractivity contribution in [3.8, 4) is 0 Å². The van der Waals surface area contributed by atoms with Crippen molar-refractivity contribution in [2.24, 2.45) is 0 Å². The third-order valence-corrected chi connectivity index (χ3v) is 3.07. The van der Waals surface area contributed by atoms with E-state index in [1.54, 1.807) is 6.08 Å². The molecule has 112 valence electrons. The van der Waals surface area contributed by atoms with E-state index in [9.17, 15) is 17.6 Å². The predicted molar refractivity (Wildman–Crippen MR) is 72.8 cm³/mol. The average molecular weight is 289 g/mol. The van der Waals surface area contributed by atoms with E-state index < -0.39 is 17.6 Å². The normalized spacial score (nSPS) is 14.4. The smallest absolute Gasteiger partial charge is 0.311 e. The Hall–Kier alpha value is -1.36. The van der Waals surface area contributed by atoms with Gasteiger partial charge in [0.15, 0.2) is 0 Å². The molecule has 0 heterocycles. The maximum absolute atomic E-state index is 13.2. The van der Waals surface area contributed by atoms with Gasteiger partial charge in [-0.1, -0.05) is 24.6 Å². The van der Waals surface area contributed by atoms with E-state index in [-0.39, 0.29) is 6.04 Å². The summed E-state index contributed by atoms with van der Waals surface area (Å²) >= 11 is 0. The van der Waals surface area contributed by atoms with Gasteiger partial charge in [0.2, 0.25) is 0 Å². The summed E-state index contributed by atoms with van der Waals surface area (Å²) in [6.45, 7) is 6.65. The lowest BCUT2D eigenvalue weighted by Gasteiger charge is -2.14. The second-order valence-corrected chi connectivity index (χ2v) is 4.80. The third-order valence-electron chi connectivity index (χ3n) is 3.07. The molecule has 0 aliphatic rings. The van der Waals surface area contributed by atoms with Crippen LogP contribution in [0.5, 0.6) is 0 Å². The SMILES string of the molecule is CCCNC(C)/C(C)=C/c1ccc(F)c(C(F)(F)F)c1. The molecule has 0 aromatic heterocycles. The first kappa shape index (κ1) is 16.7. The van der Waals surface area contributed by atoms with E-state index in [0.29, 0.717) is 5.56 Å². The molecule has 0 saturated heterocycles. The summed E-state index contributed by atoms with van der Waals surface area (Å²) in [6, 6.07) is 3.10. The number of rotatable bonds is 5. The van der Waals surface area contributed by atoms with Gasteiger partial charge in [-0.3, -0.25) is 0 Å². The minimum Gasteiger partial charge on any atom is -0.311 e. The van der Waals surface area contributed by atoms with Gasteiger partial charge in [-0.05, 0) is 44.5 Å².